The van der Waals surface area contributed by atoms with E-state index in [1.807, 2.05) is 12.1 Å². The van der Waals surface area contributed by atoms with Crippen LogP contribution in [0, 0.1) is 0 Å². The average molecular weight is 397 g/mol. The number of piperazine rings is 2. The Hall–Kier alpha value is -2.87. The summed E-state index contributed by atoms with van der Waals surface area (Å²) in [6.45, 7) is 9.20. The van der Waals surface area contributed by atoms with Gasteiger partial charge in [0.25, 0.3) is 11.8 Å². The van der Waals surface area contributed by atoms with Crippen LogP contribution in [0.5, 0.6) is 0 Å². The molecule has 4 rings (SSSR count). The van der Waals surface area contributed by atoms with Gasteiger partial charge in [-0.1, -0.05) is 6.92 Å². The monoisotopic (exact) mass is 397 g/mol. The molecule has 0 aromatic carbocycles. The minimum Gasteiger partial charge on any atom is -0.459 e. The number of amides is 2. The molecule has 0 aliphatic carbocycles. The number of pyridine rings is 1. The van der Waals surface area contributed by atoms with Crippen LogP contribution in [0.4, 0.5) is 5.69 Å². The zero-order valence-corrected chi connectivity index (χ0v) is 16.8. The van der Waals surface area contributed by atoms with E-state index in [4.69, 9.17) is 4.42 Å². The molecular weight excluding hydrogens is 370 g/mol. The van der Waals surface area contributed by atoms with Crippen LogP contribution in [-0.4, -0.2) is 90.4 Å². The topological polar surface area (TPSA) is 73.1 Å². The summed E-state index contributed by atoms with van der Waals surface area (Å²) in [4.78, 5) is 37.9. The Bertz CT molecular complexity index is 838. The van der Waals surface area contributed by atoms with Gasteiger partial charge in [0.1, 0.15) is 5.69 Å². The highest BCUT2D eigenvalue weighted by atomic mass is 16.3. The highest BCUT2D eigenvalue weighted by molar-refractivity contribution is 5.94. The Morgan fingerprint density at radius 3 is 2.28 bits per heavy atom. The van der Waals surface area contributed by atoms with Crippen LogP contribution < -0.4 is 4.90 Å². The quantitative estimate of drug-likeness (QED) is 0.777. The van der Waals surface area contributed by atoms with Crippen LogP contribution in [0.15, 0.2) is 41.1 Å². The van der Waals surface area contributed by atoms with E-state index in [0.717, 1.165) is 38.4 Å². The van der Waals surface area contributed by atoms with Crippen molar-refractivity contribution in [3.63, 3.8) is 0 Å². The van der Waals surface area contributed by atoms with Gasteiger partial charge in [0.2, 0.25) is 0 Å². The van der Waals surface area contributed by atoms with Crippen LogP contribution in [0.3, 0.4) is 0 Å². The number of furan rings is 1. The second-order valence-electron chi connectivity index (χ2n) is 7.38. The number of rotatable bonds is 4. The molecule has 2 aliphatic heterocycles. The lowest BCUT2D eigenvalue weighted by atomic mass is 10.2. The number of aromatic nitrogens is 1. The Kier molecular flexibility index (Phi) is 5.80. The third kappa shape index (κ3) is 4.27. The van der Waals surface area contributed by atoms with Crippen molar-refractivity contribution in [1.29, 1.82) is 0 Å². The number of nitrogens with zero attached hydrogens (tertiary/aromatic N) is 5. The molecule has 4 heterocycles. The van der Waals surface area contributed by atoms with E-state index in [2.05, 4.69) is 21.7 Å². The second kappa shape index (κ2) is 8.65. The molecule has 2 fully saturated rings. The van der Waals surface area contributed by atoms with Gasteiger partial charge in [-0.25, -0.2) is 0 Å². The summed E-state index contributed by atoms with van der Waals surface area (Å²) in [6.07, 6.45) is 3.21. The van der Waals surface area contributed by atoms with Gasteiger partial charge < -0.3 is 24.0 Å². The number of anilines is 1. The molecule has 0 unspecified atom stereocenters. The maximum Gasteiger partial charge on any atom is 0.289 e. The summed E-state index contributed by atoms with van der Waals surface area (Å²) in [5.41, 5.74) is 1.51. The highest BCUT2D eigenvalue weighted by Crippen LogP contribution is 2.18. The number of carbonyl (C=O) groups is 2. The van der Waals surface area contributed by atoms with E-state index in [0.29, 0.717) is 37.6 Å². The molecule has 2 aromatic rings. The number of carbonyl (C=O) groups excluding carboxylic acids is 2. The van der Waals surface area contributed by atoms with Crippen LogP contribution in [0.2, 0.25) is 0 Å². The van der Waals surface area contributed by atoms with E-state index < -0.39 is 0 Å². The molecule has 0 saturated carbocycles. The second-order valence-corrected chi connectivity index (χ2v) is 7.38. The van der Waals surface area contributed by atoms with E-state index in [-0.39, 0.29) is 11.8 Å². The van der Waals surface area contributed by atoms with Gasteiger partial charge in [-0.15, -0.1) is 0 Å². The van der Waals surface area contributed by atoms with Crippen molar-refractivity contribution in [2.45, 2.75) is 6.92 Å². The first kappa shape index (κ1) is 19.4. The zero-order chi connectivity index (χ0) is 20.2. The fourth-order valence-electron chi connectivity index (χ4n) is 3.89. The molecule has 0 N–H and O–H groups in total. The summed E-state index contributed by atoms with van der Waals surface area (Å²) in [6, 6.07) is 7.23. The van der Waals surface area contributed by atoms with E-state index in [1.54, 1.807) is 28.1 Å². The van der Waals surface area contributed by atoms with Gasteiger partial charge in [0, 0.05) is 64.2 Å². The first-order valence-electron chi connectivity index (χ1n) is 10.2. The lowest BCUT2D eigenvalue weighted by Crippen LogP contribution is -2.50. The minimum absolute atomic E-state index is 0.0795. The molecule has 0 bridgehead atoms. The molecule has 2 amide bonds. The van der Waals surface area contributed by atoms with Crippen LogP contribution in [-0.2, 0) is 0 Å². The third-order valence-corrected chi connectivity index (χ3v) is 5.73. The molecule has 29 heavy (non-hydrogen) atoms. The van der Waals surface area contributed by atoms with Gasteiger partial charge in [0.15, 0.2) is 5.76 Å². The summed E-state index contributed by atoms with van der Waals surface area (Å²) < 4.78 is 5.19. The Labute approximate surface area is 170 Å². The number of hydrogen-bond acceptors (Lipinski definition) is 6. The predicted molar refractivity (Wildman–Crippen MR) is 109 cm³/mol. The zero-order valence-electron chi connectivity index (χ0n) is 16.8. The standard InChI is InChI=1S/C21H27N5O3/c1-2-23-7-9-24(10-8-23)17-5-6-22-18(16-17)20(27)25-11-13-26(14-12-25)21(28)19-4-3-15-29-19/h3-6,15-16H,2,7-14H2,1H3. The molecule has 8 nitrogen and oxygen atoms in total. The molecule has 2 aromatic heterocycles. The molecule has 2 aliphatic rings. The average Bonchev–Trinajstić information content (AvgIpc) is 3.33. The van der Waals surface area contributed by atoms with Crippen LogP contribution in [0.1, 0.15) is 28.0 Å². The summed E-state index contributed by atoms with van der Waals surface area (Å²) in [5.74, 6) is 0.125. The van der Waals surface area contributed by atoms with Crippen molar-refractivity contribution in [3.8, 4) is 0 Å². The van der Waals surface area contributed by atoms with Crippen molar-refractivity contribution in [3.05, 3.63) is 48.2 Å². The van der Waals surface area contributed by atoms with Crippen molar-refractivity contribution in [2.24, 2.45) is 0 Å². The minimum atomic E-state index is -0.131. The molecule has 154 valence electrons. The highest BCUT2D eigenvalue weighted by Gasteiger charge is 2.27. The van der Waals surface area contributed by atoms with Crippen molar-refractivity contribution in [2.75, 3.05) is 63.8 Å². The maximum absolute atomic E-state index is 13.0. The molecular formula is C21H27N5O3. The van der Waals surface area contributed by atoms with Crippen LogP contribution in [0.25, 0.3) is 0 Å². The molecule has 0 radical (unpaired) electrons. The largest absolute Gasteiger partial charge is 0.459 e. The van der Waals surface area contributed by atoms with Crippen LogP contribution >= 0.6 is 0 Å². The Morgan fingerprint density at radius 1 is 0.966 bits per heavy atom. The Morgan fingerprint density at radius 2 is 1.66 bits per heavy atom. The predicted octanol–water partition coefficient (Wildman–Crippen LogP) is 1.41. The summed E-state index contributed by atoms with van der Waals surface area (Å²) in [5, 5.41) is 0. The van der Waals surface area contributed by atoms with E-state index >= 15 is 0 Å². The summed E-state index contributed by atoms with van der Waals surface area (Å²) >= 11 is 0. The number of hydrogen-bond donors (Lipinski definition) is 0. The smallest absolute Gasteiger partial charge is 0.289 e. The molecule has 0 spiro atoms. The van der Waals surface area contributed by atoms with Crippen molar-refractivity contribution < 1.29 is 14.0 Å². The normalized spacial score (nSPS) is 18.2. The molecule has 8 heteroatoms. The van der Waals surface area contributed by atoms with E-state index in [1.165, 1.54) is 6.26 Å². The first-order valence-corrected chi connectivity index (χ1v) is 10.2. The molecule has 2 saturated heterocycles. The lowest BCUT2D eigenvalue weighted by Gasteiger charge is -2.36. The van der Waals surface area contributed by atoms with Gasteiger partial charge in [-0.05, 0) is 30.8 Å². The van der Waals surface area contributed by atoms with Crippen molar-refractivity contribution in [1.82, 2.24) is 19.7 Å². The first-order chi connectivity index (χ1) is 14.2. The van der Waals surface area contributed by atoms with Crippen molar-refractivity contribution >= 4 is 17.5 Å². The lowest BCUT2D eigenvalue weighted by molar-refractivity contribution is 0.0515. The number of likely N-dealkylation sites (N-methyl/N-ethyl adjacent to an activating group) is 1. The van der Waals surface area contributed by atoms with Gasteiger partial charge in [-0.3, -0.25) is 14.6 Å². The molecule has 0 atom stereocenters. The fourth-order valence-corrected chi connectivity index (χ4v) is 3.89. The maximum atomic E-state index is 13.0. The van der Waals surface area contributed by atoms with Gasteiger partial charge >= 0.3 is 0 Å². The fraction of sp³-hybridized carbons (Fsp3) is 0.476. The summed E-state index contributed by atoms with van der Waals surface area (Å²) in [7, 11) is 0. The van der Waals surface area contributed by atoms with Gasteiger partial charge in [0.05, 0.1) is 6.26 Å². The Balaban J connectivity index is 1.36. The van der Waals surface area contributed by atoms with Gasteiger partial charge in [-0.2, -0.15) is 0 Å². The van der Waals surface area contributed by atoms with E-state index in [9.17, 15) is 9.59 Å². The third-order valence-electron chi connectivity index (χ3n) is 5.73. The SMILES string of the molecule is CCN1CCN(c2ccnc(C(=O)N3CCN(C(=O)c4ccco4)CC3)c2)CC1.